The number of benzene rings is 1. The zero-order chi connectivity index (χ0) is 10.1. The van der Waals surface area contributed by atoms with Gasteiger partial charge in [0.15, 0.2) is 5.16 Å². The quantitative estimate of drug-likeness (QED) is 0.740. The number of nitrogens with zero attached hydrogens (tertiary/aromatic N) is 1. The summed E-state index contributed by atoms with van der Waals surface area (Å²) < 4.78 is 0. The van der Waals surface area contributed by atoms with Crippen molar-refractivity contribution in [3.8, 4) is 0 Å². The fourth-order valence-electron chi connectivity index (χ4n) is 1.28. The van der Waals surface area contributed by atoms with Crippen LogP contribution >= 0.6 is 11.8 Å². The number of aromatic amines is 1. The highest BCUT2D eigenvalue weighted by Gasteiger charge is 2.11. The molecule has 0 fully saturated rings. The molecule has 0 saturated carbocycles. The Morgan fingerprint density at radius 1 is 1.57 bits per heavy atom. The minimum absolute atomic E-state index is 0.235. The summed E-state index contributed by atoms with van der Waals surface area (Å²) in [6.07, 6.45) is 1.89. The van der Waals surface area contributed by atoms with Gasteiger partial charge in [-0.25, -0.2) is 9.78 Å². The second kappa shape index (κ2) is 3.34. The number of carboxylic acids is 1. The minimum Gasteiger partial charge on any atom is -0.478 e. The summed E-state index contributed by atoms with van der Waals surface area (Å²) in [5, 5.41) is 9.63. The molecule has 0 amide bonds. The molecule has 0 unspecified atom stereocenters. The number of thioether (sulfide) groups is 1. The van der Waals surface area contributed by atoms with Crippen LogP contribution in [0.3, 0.4) is 0 Å². The number of hydrogen-bond donors (Lipinski definition) is 2. The number of hydrogen-bond acceptors (Lipinski definition) is 3. The maximum absolute atomic E-state index is 10.9. The van der Waals surface area contributed by atoms with Crippen LogP contribution in [0, 0.1) is 0 Å². The molecule has 5 heteroatoms. The molecule has 0 saturated heterocycles. The standard InChI is InChI=1S/C9H8N2O2S/c1-14-9-10-6-4-2-3-5(8(12)13)7(6)11-9/h2-4H,1H3,(H,10,11)(H,12,13). The molecule has 14 heavy (non-hydrogen) atoms. The Hall–Kier alpha value is -1.49. The van der Waals surface area contributed by atoms with Gasteiger partial charge in [-0.1, -0.05) is 17.8 Å². The van der Waals surface area contributed by atoms with E-state index in [4.69, 9.17) is 5.11 Å². The SMILES string of the molecule is CSc1nc2c(C(=O)O)cccc2[nH]1. The molecule has 72 valence electrons. The summed E-state index contributed by atoms with van der Waals surface area (Å²) in [7, 11) is 0. The normalized spacial score (nSPS) is 10.6. The van der Waals surface area contributed by atoms with E-state index >= 15 is 0 Å². The largest absolute Gasteiger partial charge is 0.478 e. The highest BCUT2D eigenvalue weighted by molar-refractivity contribution is 7.98. The average molecular weight is 208 g/mol. The molecule has 0 spiro atoms. The summed E-state index contributed by atoms with van der Waals surface area (Å²) in [5.41, 5.74) is 1.51. The summed E-state index contributed by atoms with van der Waals surface area (Å²) in [5.74, 6) is -0.949. The van der Waals surface area contributed by atoms with E-state index in [0.717, 1.165) is 10.7 Å². The van der Waals surface area contributed by atoms with Crippen LogP contribution in [0.5, 0.6) is 0 Å². The van der Waals surface area contributed by atoms with Crippen LogP contribution in [0.4, 0.5) is 0 Å². The number of H-pyrrole nitrogens is 1. The van der Waals surface area contributed by atoms with E-state index in [1.807, 2.05) is 12.3 Å². The summed E-state index contributed by atoms with van der Waals surface area (Å²) in [6, 6.07) is 5.07. The number of fused-ring (bicyclic) bond motifs is 1. The fraction of sp³-hybridized carbons (Fsp3) is 0.111. The van der Waals surface area contributed by atoms with E-state index in [1.165, 1.54) is 11.8 Å². The monoisotopic (exact) mass is 208 g/mol. The fourth-order valence-corrected chi connectivity index (χ4v) is 1.67. The van der Waals surface area contributed by atoms with Crippen molar-refractivity contribution in [2.75, 3.05) is 6.26 Å². The molecule has 2 N–H and O–H groups in total. The lowest BCUT2D eigenvalue weighted by Gasteiger charge is -1.93. The van der Waals surface area contributed by atoms with Gasteiger partial charge in [-0.3, -0.25) is 0 Å². The van der Waals surface area contributed by atoms with Crippen molar-refractivity contribution >= 4 is 28.8 Å². The Morgan fingerprint density at radius 2 is 2.36 bits per heavy atom. The third kappa shape index (κ3) is 1.35. The van der Waals surface area contributed by atoms with E-state index < -0.39 is 5.97 Å². The molecule has 0 aliphatic heterocycles. The summed E-state index contributed by atoms with van der Waals surface area (Å²) >= 11 is 1.46. The van der Waals surface area contributed by atoms with Crippen molar-refractivity contribution in [1.29, 1.82) is 0 Å². The van der Waals surface area contributed by atoms with Crippen molar-refractivity contribution in [3.63, 3.8) is 0 Å². The Balaban J connectivity index is 2.73. The van der Waals surface area contributed by atoms with Gasteiger partial charge in [0.25, 0.3) is 0 Å². The van der Waals surface area contributed by atoms with E-state index in [1.54, 1.807) is 12.1 Å². The summed E-state index contributed by atoms with van der Waals surface area (Å²) in [6.45, 7) is 0. The van der Waals surface area contributed by atoms with Gasteiger partial charge in [0.1, 0.15) is 5.52 Å². The first kappa shape index (κ1) is 9.08. The molecule has 2 aromatic rings. The highest BCUT2D eigenvalue weighted by atomic mass is 32.2. The number of aromatic nitrogens is 2. The Kier molecular flexibility index (Phi) is 2.17. The predicted octanol–water partition coefficient (Wildman–Crippen LogP) is 1.98. The molecule has 0 aliphatic rings. The maximum Gasteiger partial charge on any atom is 0.337 e. The molecule has 0 radical (unpaired) electrons. The van der Waals surface area contributed by atoms with Gasteiger partial charge in [0.05, 0.1) is 11.1 Å². The Labute approximate surface area is 84.4 Å². The van der Waals surface area contributed by atoms with Crippen molar-refractivity contribution in [1.82, 2.24) is 9.97 Å². The zero-order valence-electron chi connectivity index (χ0n) is 7.44. The van der Waals surface area contributed by atoms with E-state index in [9.17, 15) is 4.79 Å². The van der Waals surface area contributed by atoms with Gasteiger partial charge in [-0.2, -0.15) is 0 Å². The third-order valence-electron chi connectivity index (χ3n) is 1.91. The molecule has 0 aliphatic carbocycles. The van der Waals surface area contributed by atoms with Gasteiger partial charge in [0, 0.05) is 0 Å². The smallest absolute Gasteiger partial charge is 0.337 e. The number of rotatable bonds is 2. The van der Waals surface area contributed by atoms with Gasteiger partial charge >= 0.3 is 5.97 Å². The number of aromatic carboxylic acids is 1. The number of para-hydroxylation sites is 1. The van der Waals surface area contributed by atoms with Gasteiger partial charge in [-0.15, -0.1) is 0 Å². The lowest BCUT2D eigenvalue weighted by molar-refractivity contribution is 0.0699. The first-order valence-corrected chi connectivity index (χ1v) is 5.21. The topological polar surface area (TPSA) is 66.0 Å². The molecule has 2 rings (SSSR count). The first-order chi connectivity index (χ1) is 6.72. The second-order valence-corrected chi connectivity index (χ2v) is 3.55. The van der Waals surface area contributed by atoms with Crippen molar-refractivity contribution in [3.05, 3.63) is 23.8 Å². The third-order valence-corrected chi connectivity index (χ3v) is 2.49. The molecule has 1 aromatic carbocycles. The van der Waals surface area contributed by atoms with Crippen LogP contribution in [0.15, 0.2) is 23.4 Å². The number of carboxylic acid groups (broad SMARTS) is 1. The van der Waals surface area contributed by atoms with Crippen molar-refractivity contribution in [2.24, 2.45) is 0 Å². The van der Waals surface area contributed by atoms with Crippen molar-refractivity contribution < 1.29 is 9.90 Å². The van der Waals surface area contributed by atoms with Crippen LogP contribution in [0.1, 0.15) is 10.4 Å². The lowest BCUT2D eigenvalue weighted by Crippen LogP contribution is -1.96. The number of imidazole rings is 1. The lowest BCUT2D eigenvalue weighted by atomic mass is 10.2. The second-order valence-electron chi connectivity index (χ2n) is 2.75. The molecular formula is C9H8N2O2S. The van der Waals surface area contributed by atoms with Crippen LogP contribution < -0.4 is 0 Å². The number of nitrogens with one attached hydrogen (secondary N) is 1. The molecule has 4 nitrogen and oxygen atoms in total. The minimum atomic E-state index is -0.949. The average Bonchev–Trinajstić information content (AvgIpc) is 2.59. The van der Waals surface area contributed by atoms with E-state index in [2.05, 4.69) is 9.97 Å². The van der Waals surface area contributed by atoms with Crippen LogP contribution in [0.25, 0.3) is 11.0 Å². The predicted molar refractivity (Wildman–Crippen MR) is 54.8 cm³/mol. The van der Waals surface area contributed by atoms with Gasteiger partial charge in [0.2, 0.25) is 0 Å². The van der Waals surface area contributed by atoms with Crippen LogP contribution in [0.2, 0.25) is 0 Å². The molecule has 0 atom stereocenters. The highest BCUT2D eigenvalue weighted by Crippen LogP contribution is 2.20. The molecule has 1 aromatic heterocycles. The van der Waals surface area contributed by atoms with Crippen LogP contribution in [-0.2, 0) is 0 Å². The van der Waals surface area contributed by atoms with Gasteiger partial charge in [-0.05, 0) is 18.4 Å². The molecular weight excluding hydrogens is 200 g/mol. The molecule has 0 bridgehead atoms. The number of carbonyl (C=O) groups is 1. The maximum atomic E-state index is 10.9. The summed E-state index contributed by atoms with van der Waals surface area (Å²) in [4.78, 5) is 18.1. The van der Waals surface area contributed by atoms with Crippen molar-refractivity contribution in [2.45, 2.75) is 5.16 Å². The van der Waals surface area contributed by atoms with E-state index in [0.29, 0.717) is 5.52 Å². The van der Waals surface area contributed by atoms with Crippen LogP contribution in [-0.4, -0.2) is 27.3 Å². The van der Waals surface area contributed by atoms with Gasteiger partial charge < -0.3 is 10.1 Å². The molecule has 1 heterocycles. The Bertz CT molecular complexity index is 493. The Morgan fingerprint density at radius 3 is 3.00 bits per heavy atom. The van der Waals surface area contributed by atoms with E-state index in [-0.39, 0.29) is 5.56 Å². The first-order valence-electron chi connectivity index (χ1n) is 3.98. The zero-order valence-corrected chi connectivity index (χ0v) is 8.26.